The first-order chi connectivity index (χ1) is 7.37. The maximum atomic E-state index is 9.78. The Morgan fingerprint density at radius 3 is 2.75 bits per heavy atom. The van der Waals surface area contributed by atoms with Gasteiger partial charge in [-0.25, -0.2) is 9.97 Å². The van der Waals surface area contributed by atoms with Crippen molar-refractivity contribution in [2.45, 2.75) is 33.3 Å². The van der Waals surface area contributed by atoms with Crippen LogP contribution in [-0.4, -0.2) is 27.7 Å². The van der Waals surface area contributed by atoms with E-state index in [4.69, 9.17) is 11.6 Å². The summed E-state index contributed by atoms with van der Waals surface area (Å²) in [6.07, 6.45) is 1.92. The van der Waals surface area contributed by atoms with Crippen LogP contribution < -0.4 is 5.32 Å². The molecule has 0 saturated heterocycles. The van der Waals surface area contributed by atoms with E-state index < -0.39 is 6.10 Å². The minimum absolute atomic E-state index is 0.115. The van der Waals surface area contributed by atoms with E-state index in [2.05, 4.69) is 36.1 Å². The number of aliphatic hydroxyl groups is 1. The smallest absolute Gasteiger partial charge is 0.224 e. The second-order valence-corrected chi connectivity index (χ2v) is 5.35. The van der Waals surface area contributed by atoms with Crippen LogP contribution in [0.2, 0.25) is 5.28 Å². The molecule has 0 aliphatic heterocycles. The van der Waals surface area contributed by atoms with Crippen LogP contribution in [0.25, 0.3) is 0 Å². The van der Waals surface area contributed by atoms with E-state index in [0.29, 0.717) is 12.4 Å². The van der Waals surface area contributed by atoms with Crippen molar-refractivity contribution in [1.29, 1.82) is 0 Å². The number of anilines is 1. The van der Waals surface area contributed by atoms with Gasteiger partial charge in [-0.05, 0) is 29.5 Å². The summed E-state index contributed by atoms with van der Waals surface area (Å²) in [6, 6.07) is 1.72. The van der Waals surface area contributed by atoms with Crippen molar-refractivity contribution < 1.29 is 5.11 Å². The summed E-state index contributed by atoms with van der Waals surface area (Å²) in [6.45, 7) is 6.75. The molecule has 1 aromatic rings. The van der Waals surface area contributed by atoms with Crippen LogP contribution in [0.4, 0.5) is 5.82 Å². The second kappa shape index (κ2) is 5.46. The minimum atomic E-state index is -0.395. The number of aromatic nitrogens is 2. The lowest BCUT2D eigenvalue weighted by atomic mass is 9.89. The number of nitrogens with one attached hydrogen (secondary N) is 1. The molecule has 90 valence electrons. The number of hydrogen-bond donors (Lipinski definition) is 2. The van der Waals surface area contributed by atoms with Crippen LogP contribution in [0.15, 0.2) is 12.3 Å². The van der Waals surface area contributed by atoms with Gasteiger partial charge < -0.3 is 10.4 Å². The molecule has 0 radical (unpaired) electrons. The van der Waals surface area contributed by atoms with Gasteiger partial charge in [-0.2, -0.15) is 0 Å². The number of aliphatic hydroxyl groups excluding tert-OH is 1. The normalized spacial score (nSPS) is 13.6. The highest BCUT2D eigenvalue weighted by Crippen LogP contribution is 2.20. The molecule has 0 fully saturated rings. The first kappa shape index (κ1) is 13.2. The maximum absolute atomic E-state index is 9.78. The Morgan fingerprint density at radius 2 is 2.19 bits per heavy atom. The number of hydrogen-bond acceptors (Lipinski definition) is 4. The molecule has 1 unspecified atom stereocenters. The first-order valence-corrected chi connectivity index (χ1v) is 5.65. The van der Waals surface area contributed by atoms with Crippen molar-refractivity contribution in [3.05, 3.63) is 17.5 Å². The standard InChI is InChI=1S/C11H18ClN3O/c1-11(2,3)6-8(16)7-14-9-4-5-13-10(12)15-9/h4-5,8,16H,6-7H2,1-3H3,(H,13,14,15). The number of rotatable bonds is 4. The van der Waals surface area contributed by atoms with Crippen molar-refractivity contribution in [3.63, 3.8) is 0 Å². The van der Waals surface area contributed by atoms with Gasteiger partial charge in [0.05, 0.1) is 6.10 Å². The van der Waals surface area contributed by atoms with Crippen molar-refractivity contribution in [2.24, 2.45) is 5.41 Å². The summed E-state index contributed by atoms with van der Waals surface area (Å²) < 4.78 is 0. The third kappa shape index (κ3) is 5.28. The van der Waals surface area contributed by atoms with Gasteiger partial charge in [0.25, 0.3) is 0 Å². The zero-order valence-corrected chi connectivity index (χ0v) is 10.6. The SMILES string of the molecule is CC(C)(C)CC(O)CNc1ccnc(Cl)n1. The van der Waals surface area contributed by atoms with Gasteiger partial charge in [-0.15, -0.1) is 0 Å². The molecule has 0 aliphatic carbocycles. The molecule has 1 aromatic heterocycles. The Balaban J connectivity index is 2.40. The van der Waals surface area contributed by atoms with Crippen LogP contribution in [0.5, 0.6) is 0 Å². The summed E-state index contributed by atoms with van der Waals surface area (Å²) in [4.78, 5) is 7.75. The fourth-order valence-corrected chi connectivity index (χ4v) is 1.58. The van der Waals surface area contributed by atoms with Gasteiger partial charge in [-0.3, -0.25) is 0 Å². The highest BCUT2D eigenvalue weighted by atomic mass is 35.5. The van der Waals surface area contributed by atoms with E-state index in [1.807, 2.05) is 0 Å². The first-order valence-electron chi connectivity index (χ1n) is 5.27. The summed E-state index contributed by atoms with van der Waals surface area (Å²) in [5.74, 6) is 0.632. The molecule has 5 heteroatoms. The summed E-state index contributed by atoms with van der Waals surface area (Å²) >= 11 is 5.64. The van der Waals surface area contributed by atoms with E-state index in [9.17, 15) is 5.11 Å². The van der Waals surface area contributed by atoms with Crippen LogP contribution in [0, 0.1) is 5.41 Å². The van der Waals surface area contributed by atoms with Crippen molar-refractivity contribution >= 4 is 17.4 Å². The van der Waals surface area contributed by atoms with Gasteiger partial charge in [0.15, 0.2) is 0 Å². The topological polar surface area (TPSA) is 58.0 Å². The Morgan fingerprint density at radius 1 is 1.50 bits per heavy atom. The van der Waals surface area contributed by atoms with Gasteiger partial charge in [0.2, 0.25) is 5.28 Å². The van der Waals surface area contributed by atoms with Gasteiger partial charge >= 0.3 is 0 Å². The average Bonchev–Trinajstić information content (AvgIpc) is 2.12. The van der Waals surface area contributed by atoms with Gasteiger partial charge in [0, 0.05) is 12.7 Å². The summed E-state index contributed by atoms with van der Waals surface area (Å²) in [5.41, 5.74) is 0.115. The lowest BCUT2D eigenvalue weighted by molar-refractivity contribution is 0.132. The molecule has 1 heterocycles. The molecule has 0 spiro atoms. The second-order valence-electron chi connectivity index (χ2n) is 5.01. The Bertz CT molecular complexity index is 338. The lowest BCUT2D eigenvalue weighted by Gasteiger charge is -2.22. The molecule has 1 rings (SSSR count). The largest absolute Gasteiger partial charge is 0.391 e. The maximum Gasteiger partial charge on any atom is 0.224 e. The van der Waals surface area contributed by atoms with E-state index in [1.54, 1.807) is 12.3 Å². The molecule has 16 heavy (non-hydrogen) atoms. The van der Waals surface area contributed by atoms with Crippen LogP contribution in [-0.2, 0) is 0 Å². The van der Waals surface area contributed by atoms with Crippen LogP contribution in [0.1, 0.15) is 27.2 Å². The molecule has 0 saturated carbocycles. The van der Waals surface area contributed by atoms with Crippen molar-refractivity contribution in [2.75, 3.05) is 11.9 Å². The van der Waals surface area contributed by atoms with E-state index in [0.717, 1.165) is 6.42 Å². The predicted octanol–water partition coefficient (Wildman–Crippen LogP) is 2.34. The third-order valence-corrected chi connectivity index (χ3v) is 2.18. The minimum Gasteiger partial charge on any atom is -0.391 e. The molecule has 1 atom stereocenters. The molecular formula is C11H18ClN3O. The zero-order valence-electron chi connectivity index (χ0n) is 9.87. The Labute approximate surface area is 101 Å². The molecule has 0 amide bonds. The predicted molar refractivity (Wildman–Crippen MR) is 65.6 cm³/mol. The third-order valence-electron chi connectivity index (χ3n) is 1.99. The molecule has 0 aromatic carbocycles. The molecular weight excluding hydrogens is 226 g/mol. The Hall–Kier alpha value is -0.870. The number of nitrogens with zero attached hydrogens (tertiary/aromatic N) is 2. The highest BCUT2D eigenvalue weighted by Gasteiger charge is 2.16. The van der Waals surface area contributed by atoms with Gasteiger partial charge in [-0.1, -0.05) is 20.8 Å². The van der Waals surface area contributed by atoms with E-state index in [1.165, 1.54) is 0 Å². The molecule has 2 N–H and O–H groups in total. The van der Waals surface area contributed by atoms with Crippen LogP contribution in [0.3, 0.4) is 0 Å². The van der Waals surface area contributed by atoms with E-state index >= 15 is 0 Å². The van der Waals surface area contributed by atoms with E-state index in [-0.39, 0.29) is 10.7 Å². The average molecular weight is 244 g/mol. The van der Waals surface area contributed by atoms with Crippen molar-refractivity contribution in [3.8, 4) is 0 Å². The lowest BCUT2D eigenvalue weighted by Crippen LogP contribution is -2.25. The fraction of sp³-hybridized carbons (Fsp3) is 0.636. The monoisotopic (exact) mass is 243 g/mol. The molecule has 0 bridgehead atoms. The summed E-state index contributed by atoms with van der Waals surface area (Å²) in [7, 11) is 0. The fourth-order valence-electron chi connectivity index (χ4n) is 1.43. The van der Waals surface area contributed by atoms with Crippen molar-refractivity contribution in [1.82, 2.24) is 9.97 Å². The number of halogens is 1. The highest BCUT2D eigenvalue weighted by molar-refractivity contribution is 6.28. The Kier molecular flexibility index (Phi) is 4.50. The molecule has 4 nitrogen and oxygen atoms in total. The van der Waals surface area contributed by atoms with Crippen LogP contribution >= 0.6 is 11.6 Å². The van der Waals surface area contributed by atoms with Gasteiger partial charge in [0.1, 0.15) is 5.82 Å². The summed E-state index contributed by atoms with van der Waals surface area (Å²) in [5, 5.41) is 13.0. The zero-order chi connectivity index (χ0) is 12.2. The molecule has 0 aliphatic rings. The quantitative estimate of drug-likeness (QED) is 0.797.